The molecule has 2 aliphatic rings. The highest BCUT2D eigenvalue weighted by molar-refractivity contribution is 7.52. The van der Waals surface area contributed by atoms with Crippen LogP contribution in [0.1, 0.15) is 86.6 Å². The number of carbonyl (C=O) groups excluding carboxylic acids is 4. The Hall–Kier alpha value is -3.76. The molecule has 3 N–H and O–H groups in total. The summed E-state index contributed by atoms with van der Waals surface area (Å²) in [5.41, 5.74) is 0.0666. The third-order valence-electron chi connectivity index (χ3n) is 12.0. The number of piperazine rings is 1. The van der Waals surface area contributed by atoms with E-state index in [1.807, 2.05) is 67.5 Å². The predicted molar refractivity (Wildman–Crippen MR) is 239 cm³/mol. The number of rotatable bonds is 18. The van der Waals surface area contributed by atoms with E-state index in [-0.39, 0.29) is 42.6 Å². The van der Waals surface area contributed by atoms with E-state index in [1.54, 1.807) is 66.1 Å². The zero-order valence-corrected chi connectivity index (χ0v) is 40.3. The fourth-order valence-electron chi connectivity index (χ4n) is 8.41. The van der Waals surface area contributed by atoms with Crippen molar-refractivity contribution in [1.82, 2.24) is 29.8 Å². The molecule has 1 aromatic carbocycles. The molecular formula is C44H76N7O10P. The van der Waals surface area contributed by atoms with E-state index in [0.717, 1.165) is 0 Å². The third kappa shape index (κ3) is 14.4. The van der Waals surface area contributed by atoms with Gasteiger partial charge < -0.3 is 53.8 Å². The largest absolute Gasteiger partial charge is 0.444 e. The van der Waals surface area contributed by atoms with Crippen LogP contribution >= 0.6 is 7.60 Å². The van der Waals surface area contributed by atoms with Crippen molar-refractivity contribution in [1.29, 1.82) is 0 Å². The van der Waals surface area contributed by atoms with E-state index >= 15 is 0 Å². The van der Waals surface area contributed by atoms with Gasteiger partial charge in [0.15, 0.2) is 5.96 Å². The first-order valence-electron chi connectivity index (χ1n) is 21.9. The summed E-state index contributed by atoms with van der Waals surface area (Å²) in [7, 11) is 3.81. The van der Waals surface area contributed by atoms with E-state index in [9.17, 15) is 33.5 Å². The van der Waals surface area contributed by atoms with Crippen LogP contribution in [0.4, 0.5) is 4.79 Å². The fraction of sp³-hybridized carbons (Fsp3) is 0.750. The average Bonchev–Trinajstić information content (AvgIpc) is 3.69. The number of carbonyl (C=O) groups is 4. The molecule has 17 nitrogen and oxygen atoms in total. The molecule has 0 spiro atoms. The quantitative estimate of drug-likeness (QED) is 0.108. The van der Waals surface area contributed by atoms with Gasteiger partial charge in [-0.15, -0.1) is 0 Å². The van der Waals surface area contributed by atoms with Gasteiger partial charge in [-0.1, -0.05) is 71.4 Å². The molecule has 1 aromatic rings. The molecule has 18 heteroatoms. The van der Waals surface area contributed by atoms with Crippen molar-refractivity contribution in [3.05, 3.63) is 35.9 Å². The summed E-state index contributed by atoms with van der Waals surface area (Å²) >= 11 is 0. The number of nitrogens with zero attached hydrogens (tertiary/aromatic N) is 6. The smallest absolute Gasteiger partial charge is 0.410 e. The van der Waals surface area contributed by atoms with E-state index < -0.39 is 61.1 Å². The van der Waals surface area contributed by atoms with E-state index in [0.29, 0.717) is 63.5 Å². The van der Waals surface area contributed by atoms with Gasteiger partial charge in [-0.25, -0.2) is 9.79 Å². The highest BCUT2D eigenvalue weighted by Gasteiger charge is 2.44. The topological polar surface area (TPSA) is 194 Å². The van der Waals surface area contributed by atoms with Crippen LogP contribution in [0.15, 0.2) is 35.3 Å². The van der Waals surface area contributed by atoms with E-state index in [4.69, 9.17) is 19.2 Å². The third-order valence-corrected chi connectivity index (χ3v) is 13.1. The number of hydrogen-bond donors (Lipinski definition) is 3. The highest BCUT2D eigenvalue weighted by atomic mass is 31.2. The van der Waals surface area contributed by atoms with Gasteiger partial charge in [-0.05, 0) is 51.0 Å². The lowest BCUT2D eigenvalue weighted by Gasteiger charge is -2.41. The minimum atomic E-state index is -4.73. The van der Waals surface area contributed by atoms with Gasteiger partial charge >= 0.3 is 13.7 Å². The van der Waals surface area contributed by atoms with Gasteiger partial charge in [-0.3, -0.25) is 18.9 Å². The van der Waals surface area contributed by atoms with Crippen LogP contribution in [0.25, 0.3) is 0 Å². The molecule has 8 atom stereocenters. The molecule has 0 radical (unpaired) electrons. The number of aliphatic imine (C=N–C) groups is 1. The molecule has 0 aliphatic carbocycles. The van der Waals surface area contributed by atoms with Crippen LogP contribution in [0.5, 0.6) is 0 Å². The van der Waals surface area contributed by atoms with Crippen LogP contribution in [-0.4, -0.2) is 174 Å². The lowest BCUT2D eigenvalue weighted by Crippen LogP contribution is -2.56. The second-order valence-corrected chi connectivity index (χ2v) is 20.2. The molecule has 0 unspecified atom stereocenters. The molecule has 3 rings (SSSR count). The van der Waals surface area contributed by atoms with Crippen molar-refractivity contribution in [3.8, 4) is 0 Å². The van der Waals surface area contributed by atoms with Crippen molar-refractivity contribution in [2.45, 2.75) is 129 Å². The van der Waals surface area contributed by atoms with Crippen LogP contribution in [0.3, 0.4) is 0 Å². The molecule has 0 aromatic heterocycles. The minimum Gasteiger partial charge on any atom is -0.444 e. The Morgan fingerprint density at radius 2 is 1.53 bits per heavy atom. The Kier molecular flexibility index (Phi) is 19.7. The number of guanidine groups is 1. The summed E-state index contributed by atoms with van der Waals surface area (Å²) in [5, 5.41) is 2.58. The Labute approximate surface area is 370 Å². The molecular weight excluding hydrogens is 817 g/mol. The van der Waals surface area contributed by atoms with Crippen LogP contribution < -0.4 is 5.32 Å². The summed E-state index contributed by atoms with van der Waals surface area (Å²) in [6.07, 6.45) is 0.0611. The van der Waals surface area contributed by atoms with Gasteiger partial charge in [0.25, 0.3) is 0 Å². The molecule has 0 bridgehead atoms. The Bertz CT molecular complexity index is 1700. The van der Waals surface area contributed by atoms with Crippen molar-refractivity contribution in [3.63, 3.8) is 0 Å². The lowest BCUT2D eigenvalue weighted by molar-refractivity contribution is -0.146. The van der Waals surface area contributed by atoms with Gasteiger partial charge in [0.2, 0.25) is 17.7 Å². The maximum Gasteiger partial charge on any atom is 0.410 e. The van der Waals surface area contributed by atoms with Crippen molar-refractivity contribution in [2.24, 2.45) is 22.7 Å². The molecule has 2 saturated heterocycles. The first-order valence-corrected chi connectivity index (χ1v) is 23.6. The fourth-order valence-corrected chi connectivity index (χ4v) is 9.16. The molecule has 2 fully saturated rings. The molecule has 62 heavy (non-hydrogen) atoms. The summed E-state index contributed by atoms with van der Waals surface area (Å²) in [5.74, 6) is -2.89. The molecule has 4 amide bonds. The van der Waals surface area contributed by atoms with Crippen molar-refractivity contribution >= 4 is 37.4 Å². The standard InChI is InChI=1S/C44H76N7O10P/c1-14-30(4)38(48(11)41(54)37(29(2)3)46-42(47(9)10)49-23-25-50(26-24-49)43(55)61-44(6,7)8)34(59-12)28-36(52)51-22-18-21-33(51)39(60-13)31(5)40(53)45-35(62(56,57)58)27-32-19-16-15-17-20-32/h15-17,19-20,29-31,33-35,37-39H,14,18,21-28H2,1-13H3,(H,45,53)(H2,56,57,58)/t30-,31+,33-,34+,35+,37-,38-,39+/m0/s1. The number of methoxy groups -OCH3 is 2. The van der Waals surface area contributed by atoms with Crippen LogP contribution in [-0.2, 0) is 39.6 Å². The number of likely N-dealkylation sites (N-methyl/N-ethyl adjacent to an activating group) is 1. The monoisotopic (exact) mass is 894 g/mol. The number of nitrogens with one attached hydrogen (secondary N) is 1. The number of likely N-dealkylation sites (tertiary alicyclic amines) is 1. The van der Waals surface area contributed by atoms with E-state index in [1.165, 1.54) is 7.11 Å². The average molecular weight is 894 g/mol. The van der Waals surface area contributed by atoms with Crippen molar-refractivity contribution < 1.29 is 47.7 Å². The highest BCUT2D eigenvalue weighted by Crippen LogP contribution is 2.41. The zero-order chi connectivity index (χ0) is 46.7. The zero-order valence-electron chi connectivity index (χ0n) is 39.4. The molecule has 0 saturated carbocycles. The second-order valence-electron chi connectivity index (χ2n) is 18.4. The maximum atomic E-state index is 14.6. The Morgan fingerprint density at radius 1 is 0.935 bits per heavy atom. The van der Waals surface area contributed by atoms with Crippen LogP contribution in [0, 0.1) is 17.8 Å². The normalized spacial score (nSPS) is 19.9. The Balaban J connectivity index is 1.81. The minimum absolute atomic E-state index is 0.0333. The predicted octanol–water partition coefficient (Wildman–Crippen LogP) is 4.26. The number of ether oxygens (including phenoxy) is 3. The molecule has 352 valence electrons. The number of amides is 4. The Morgan fingerprint density at radius 3 is 2.03 bits per heavy atom. The van der Waals surface area contributed by atoms with Gasteiger partial charge in [0.05, 0.1) is 36.6 Å². The number of hydrogen-bond acceptors (Lipinski definition) is 9. The van der Waals surface area contributed by atoms with Crippen LogP contribution in [0.2, 0.25) is 0 Å². The second kappa shape index (κ2) is 23.3. The summed E-state index contributed by atoms with van der Waals surface area (Å²) in [6.45, 7) is 17.5. The lowest BCUT2D eigenvalue weighted by atomic mass is 9.89. The summed E-state index contributed by atoms with van der Waals surface area (Å²) < 4.78 is 30.0. The molecule has 2 aliphatic heterocycles. The summed E-state index contributed by atoms with van der Waals surface area (Å²) in [4.78, 5) is 89.8. The molecule has 2 heterocycles. The summed E-state index contributed by atoms with van der Waals surface area (Å²) in [6, 6.07) is 7.08. The maximum absolute atomic E-state index is 14.6. The SMILES string of the molecule is CC[C@H](C)[C@@H]([C@@H](CC(=O)N1CCC[C@H]1[C@H](OC)[C@@H](C)C(=O)N[C@@H](Cc1ccccc1)P(=O)(O)O)OC)N(C)C(=O)[C@@H](N=C(N(C)C)N1CCN(C(=O)OC(C)(C)C)CC1)C(C)C. The first kappa shape index (κ1) is 52.6. The van der Waals surface area contributed by atoms with Gasteiger partial charge in [-0.2, -0.15) is 0 Å². The first-order chi connectivity index (χ1) is 28.9. The van der Waals surface area contributed by atoms with Gasteiger partial charge in [0.1, 0.15) is 17.4 Å². The van der Waals surface area contributed by atoms with Gasteiger partial charge in [0, 0.05) is 74.5 Å². The van der Waals surface area contributed by atoms with E-state index in [2.05, 4.69) is 10.2 Å². The number of benzene rings is 1. The van der Waals surface area contributed by atoms with Crippen molar-refractivity contribution in [2.75, 3.05) is 68.1 Å².